The van der Waals surface area contributed by atoms with Gasteiger partial charge >= 0.3 is 6.09 Å². The second-order valence-corrected chi connectivity index (χ2v) is 9.57. The van der Waals surface area contributed by atoms with Gasteiger partial charge in [-0.25, -0.2) is 17.9 Å². The zero-order chi connectivity index (χ0) is 20.1. The quantitative estimate of drug-likeness (QED) is 0.771. The van der Waals surface area contributed by atoms with E-state index < -0.39 is 15.6 Å². The fourth-order valence-electron chi connectivity index (χ4n) is 2.91. The van der Waals surface area contributed by atoms with Gasteiger partial charge in [-0.3, -0.25) is 0 Å². The number of nitrogens with zero attached hydrogens (tertiary/aromatic N) is 1. The largest absolute Gasteiger partial charge is 0.444 e. The number of anilines is 1. The summed E-state index contributed by atoms with van der Waals surface area (Å²) in [6.45, 7) is 9.47. The molecule has 8 heteroatoms. The van der Waals surface area contributed by atoms with Gasteiger partial charge in [0.05, 0.1) is 4.90 Å². The van der Waals surface area contributed by atoms with Crippen LogP contribution in [0.1, 0.15) is 47.0 Å². The molecule has 1 heterocycles. The van der Waals surface area contributed by atoms with E-state index in [0.717, 1.165) is 38.0 Å². The van der Waals surface area contributed by atoms with Crippen LogP contribution in [0.2, 0.25) is 0 Å². The second kappa shape index (κ2) is 8.93. The Morgan fingerprint density at radius 2 is 1.78 bits per heavy atom. The SMILES string of the molecule is CCCNS(=O)(=O)c1ccc(N2CCC(NC(=O)OC(C)(C)C)CC2)cc1. The summed E-state index contributed by atoms with van der Waals surface area (Å²) in [6.07, 6.45) is 2.01. The lowest BCUT2D eigenvalue weighted by atomic mass is 10.0. The third kappa shape index (κ3) is 6.70. The van der Waals surface area contributed by atoms with Crippen molar-refractivity contribution < 1.29 is 17.9 Å². The Labute approximate surface area is 162 Å². The highest BCUT2D eigenvalue weighted by Gasteiger charge is 2.24. The number of carbonyl (C=O) groups is 1. The average molecular weight is 398 g/mol. The zero-order valence-electron chi connectivity index (χ0n) is 16.6. The zero-order valence-corrected chi connectivity index (χ0v) is 17.4. The first kappa shape index (κ1) is 21.5. The van der Waals surface area contributed by atoms with Crippen molar-refractivity contribution in [2.24, 2.45) is 0 Å². The van der Waals surface area contributed by atoms with E-state index in [0.29, 0.717) is 6.54 Å². The van der Waals surface area contributed by atoms with Crippen molar-refractivity contribution in [3.05, 3.63) is 24.3 Å². The smallest absolute Gasteiger partial charge is 0.407 e. The monoisotopic (exact) mass is 397 g/mol. The number of nitrogens with one attached hydrogen (secondary N) is 2. The minimum atomic E-state index is -3.44. The molecule has 1 aromatic carbocycles. The van der Waals surface area contributed by atoms with Crippen molar-refractivity contribution in [2.75, 3.05) is 24.5 Å². The molecule has 27 heavy (non-hydrogen) atoms. The maximum absolute atomic E-state index is 12.1. The van der Waals surface area contributed by atoms with E-state index in [2.05, 4.69) is 14.9 Å². The molecule has 0 unspecified atom stereocenters. The predicted octanol–water partition coefficient (Wildman–Crippen LogP) is 2.87. The normalized spacial score (nSPS) is 16.2. The number of rotatable bonds is 6. The molecule has 1 aliphatic rings. The first-order valence-electron chi connectivity index (χ1n) is 9.45. The highest BCUT2D eigenvalue weighted by Crippen LogP contribution is 2.22. The summed E-state index contributed by atoms with van der Waals surface area (Å²) in [7, 11) is -3.44. The lowest BCUT2D eigenvalue weighted by Crippen LogP contribution is -2.46. The maximum Gasteiger partial charge on any atom is 0.407 e. The Morgan fingerprint density at radius 3 is 2.30 bits per heavy atom. The Hall–Kier alpha value is -1.80. The number of amides is 1. The van der Waals surface area contributed by atoms with Crippen LogP contribution in [0.15, 0.2) is 29.2 Å². The molecule has 152 valence electrons. The summed E-state index contributed by atoms with van der Waals surface area (Å²) in [4.78, 5) is 14.4. The molecule has 2 N–H and O–H groups in total. The first-order chi connectivity index (χ1) is 12.6. The fraction of sp³-hybridized carbons (Fsp3) is 0.632. The van der Waals surface area contributed by atoms with Gasteiger partial charge in [0, 0.05) is 31.4 Å². The summed E-state index contributed by atoms with van der Waals surface area (Å²) in [5.74, 6) is 0. The first-order valence-corrected chi connectivity index (χ1v) is 10.9. The third-order valence-corrected chi connectivity index (χ3v) is 5.75. The number of hydrogen-bond acceptors (Lipinski definition) is 5. The Balaban J connectivity index is 1.88. The molecule has 1 saturated heterocycles. The molecule has 1 aliphatic heterocycles. The van der Waals surface area contributed by atoms with Crippen LogP contribution >= 0.6 is 0 Å². The molecule has 7 nitrogen and oxygen atoms in total. The van der Waals surface area contributed by atoms with Crippen molar-refractivity contribution in [1.82, 2.24) is 10.0 Å². The third-order valence-electron chi connectivity index (χ3n) is 4.27. The van der Waals surface area contributed by atoms with Crippen LogP contribution in [0.4, 0.5) is 10.5 Å². The standard InChI is InChI=1S/C19H31N3O4S/c1-5-12-20-27(24,25)17-8-6-16(7-9-17)22-13-10-15(11-14-22)21-18(23)26-19(2,3)4/h6-9,15,20H,5,10-14H2,1-4H3,(H,21,23). The molecular formula is C19H31N3O4S. The predicted molar refractivity (Wildman–Crippen MR) is 107 cm³/mol. The van der Waals surface area contributed by atoms with E-state index >= 15 is 0 Å². The Bertz CT molecular complexity index is 718. The van der Waals surface area contributed by atoms with Crippen LogP contribution in [-0.2, 0) is 14.8 Å². The van der Waals surface area contributed by atoms with Crippen molar-refractivity contribution in [3.8, 4) is 0 Å². The number of benzene rings is 1. The van der Waals surface area contributed by atoms with Crippen molar-refractivity contribution in [3.63, 3.8) is 0 Å². The van der Waals surface area contributed by atoms with Gasteiger partial charge in [-0.2, -0.15) is 0 Å². The van der Waals surface area contributed by atoms with E-state index in [1.165, 1.54) is 0 Å². The summed E-state index contributed by atoms with van der Waals surface area (Å²) < 4.78 is 32.2. The van der Waals surface area contributed by atoms with Gasteiger partial charge in [-0.1, -0.05) is 6.92 Å². The molecule has 0 aromatic heterocycles. The van der Waals surface area contributed by atoms with Crippen LogP contribution in [0.3, 0.4) is 0 Å². The van der Waals surface area contributed by atoms with Crippen LogP contribution in [0, 0.1) is 0 Å². The highest BCUT2D eigenvalue weighted by atomic mass is 32.2. The number of hydrogen-bond donors (Lipinski definition) is 2. The van der Waals surface area contributed by atoms with Gasteiger partial charge < -0.3 is 15.0 Å². The Morgan fingerprint density at radius 1 is 1.19 bits per heavy atom. The summed E-state index contributed by atoms with van der Waals surface area (Å²) in [6, 6.07) is 7.04. The van der Waals surface area contributed by atoms with Gasteiger partial charge in [-0.05, 0) is 64.3 Å². The number of piperidine rings is 1. The van der Waals surface area contributed by atoms with E-state index in [4.69, 9.17) is 4.74 Å². The summed E-state index contributed by atoms with van der Waals surface area (Å²) in [5, 5.41) is 2.92. The van der Waals surface area contributed by atoms with E-state index in [1.807, 2.05) is 39.8 Å². The van der Waals surface area contributed by atoms with Gasteiger partial charge in [0.1, 0.15) is 5.60 Å². The van der Waals surface area contributed by atoms with Gasteiger partial charge in [0.2, 0.25) is 10.0 Å². The van der Waals surface area contributed by atoms with Crippen LogP contribution in [0.25, 0.3) is 0 Å². The average Bonchev–Trinajstić information content (AvgIpc) is 2.59. The maximum atomic E-state index is 12.1. The van der Waals surface area contributed by atoms with E-state index in [-0.39, 0.29) is 17.0 Å². The molecule has 0 spiro atoms. The lowest BCUT2D eigenvalue weighted by Gasteiger charge is -2.34. The lowest BCUT2D eigenvalue weighted by molar-refractivity contribution is 0.0497. The number of ether oxygens (including phenoxy) is 1. The van der Waals surface area contributed by atoms with Crippen molar-refractivity contribution in [2.45, 2.75) is 63.5 Å². The molecule has 1 amide bonds. The molecule has 1 aromatic rings. The molecule has 0 saturated carbocycles. The molecule has 0 atom stereocenters. The minimum absolute atomic E-state index is 0.0917. The molecular weight excluding hydrogens is 366 g/mol. The number of sulfonamides is 1. The van der Waals surface area contributed by atoms with E-state index in [9.17, 15) is 13.2 Å². The topological polar surface area (TPSA) is 87.7 Å². The van der Waals surface area contributed by atoms with Crippen LogP contribution in [0.5, 0.6) is 0 Å². The highest BCUT2D eigenvalue weighted by molar-refractivity contribution is 7.89. The van der Waals surface area contributed by atoms with Crippen molar-refractivity contribution in [1.29, 1.82) is 0 Å². The second-order valence-electron chi connectivity index (χ2n) is 7.80. The Kier molecular flexibility index (Phi) is 7.11. The molecule has 0 aliphatic carbocycles. The minimum Gasteiger partial charge on any atom is -0.444 e. The van der Waals surface area contributed by atoms with Gasteiger partial charge in [-0.15, -0.1) is 0 Å². The number of alkyl carbamates (subject to hydrolysis) is 1. The fourth-order valence-corrected chi connectivity index (χ4v) is 4.05. The molecule has 2 rings (SSSR count). The molecule has 1 fully saturated rings. The van der Waals surface area contributed by atoms with Crippen LogP contribution < -0.4 is 14.9 Å². The van der Waals surface area contributed by atoms with Crippen molar-refractivity contribution >= 4 is 21.8 Å². The summed E-state index contributed by atoms with van der Waals surface area (Å²) in [5.41, 5.74) is 0.485. The van der Waals surface area contributed by atoms with Crippen LogP contribution in [-0.4, -0.2) is 45.8 Å². The molecule has 0 radical (unpaired) electrons. The molecule has 0 bridgehead atoms. The van der Waals surface area contributed by atoms with E-state index in [1.54, 1.807) is 12.1 Å². The van der Waals surface area contributed by atoms with Gasteiger partial charge in [0.15, 0.2) is 0 Å². The summed E-state index contributed by atoms with van der Waals surface area (Å²) >= 11 is 0. The van der Waals surface area contributed by atoms with Gasteiger partial charge in [0.25, 0.3) is 0 Å². The number of carbonyl (C=O) groups excluding carboxylic acids is 1.